The van der Waals surface area contributed by atoms with Gasteiger partial charge in [0.2, 0.25) is 0 Å². The largest absolute Gasteiger partial charge is 0.507 e. The van der Waals surface area contributed by atoms with Gasteiger partial charge < -0.3 is 9.84 Å². The molecule has 4 heterocycles. The van der Waals surface area contributed by atoms with E-state index in [1.165, 1.54) is 6.42 Å². The maximum atomic E-state index is 10.3. The van der Waals surface area contributed by atoms with Crippen LogP contribution >= 0.6 is 0 Å². The van der Waals surface area contributed by atoms with Crippen LogP contribution in [0.1, 0.15) is 30.0 Å². The van der Waals surface area contributed by atoms with Gasteiger partial charge in [-0.1, -0.05) is 18.2 Å². The van der Waals surface area contributed by atoms with E-state index < -0.39 is 0 Å². The van der Waals surface area contributed by atoms with Gasteiger partial charge in [0.15, 0.2) is 0 Å². The third-order valence-electron chi connectivity index (χ3n) is 7.13. The Bertz CT molecular complexity index is 1160. The van der Waals surface area contributed by atoms with E-state index in [1.807, 2.05) is 42.7 Å². The number of benzene rings is 2. The van der Waals surface area contributed by atoms with Crippen molar-refractivity contribution in [3.63, 3.8) is 0 Å². The lowest BCUT2D eigenvalue weighted by atomic mass is 9.73. The van der Waals surface area contributed by atoms with Crippen LogP contribution in [-0.4, -0.2) is 47.4 Å². The first kappa shape index (κ1) is 20.7. The highest BCUT2D eigenvalue weighted by molar-refractivity contribution is 5.86. The van der Waals surface area contributed by atoms with Crippen LogP contribution in [0, 0.1) is 11.8 Å². The second-order valence-corrected chi connectivity index (χ2v) is 8.81. The molecule has 1 unspecified atom stereocenters. The summed E-state index contributed by atoms with van der Waals surface area (Å²) >= 11 is 0. The van der Waals surface area contributed by atoms with Gasteiger partial charge in [0.05, 0.1) is 18.7 Å². The molecule has 3 aromatic rings. The van der Waals surface area contributed by atoms with Gasteiger partial charge in [-0.25, -0.2) is 0 Å². The average molecular weight is 428 g/mol. The van der Waals surface area contributed by atoms with Gasteiger partial charge in [0, 0.05) is 35.9 Å². The maximum Gasteiger partial charge on any atom is 0.124 e. The fraction of sp³-hybridized carbons (Fsp3) is 0.333. The molecule has 6 rings (SSSR count). The SMILES string of the molecule is C=C[C@H]1CN2CC[C@H]1C[C@@H]2[C@H](N=Cc1ccccc1O)c1ccnc2ccc(OC)cc12. The number of rotatable bonds is 6. The van der Waals surface area contributed by atoms with E-state index >= 15 is 0 Å². The molecule has 0 saturated carbocycles. The zero-order valence-corrected chi connectivity index (χ0v) is 18.4. The van der Waals surface area contributed by atoms with Crippen molar-refractivity contribution < 1.29 is 9.84 Å². The molecule has 3 saturated heterocycles. The molecule has 2 aromatic carbocycles. The van der Waals surface area contributed by atoms with Crippen molar-refractivity contribution in [2.75, 3.05) is 20.2 Å². The lowest BCUT2D eigenvalue weighted by Gasteiger charge is -2.51. The zero-order chi connectivity index (χ0) is 22.1. The molecule has 5 heteroatoms. The van der Waals surface area contributed by atoms with Crippen LogP contribution in [0.2, 0.25) is 0 Å². The Balaban J connectivity index is 1.60. The topological polar surface area (TPSA) is 58.0 Å². The molecule has 5 nitrogen and oxygen atoms in total. The summed E-state index contributed by atoms with van der Waals surface area (Å²) < 4.78 is 5.50. The van der Waals surface area contributed by atoms with Crippen LogP contribution in [0.3, 0.4) is 0 Å². The van der Waals surface area contributed by atoms with Crippen LogP contribution in [0.25, 0.3) is 10.9 Å². The zero-order valence-electron chi connectivity index (χ0n) is 18.4. The molecule has 3 fully saturated rings. The van der Waals surface area contributed by atoms with Gasteiger partial charge >= 0.3 is 0 Å². The third kappa shape index (κ3) is 3.78. The van der Waals surface area contributed by atoms with E-state index in [9.17, 15) is 5.11 Å². The molecule has 3 aliphatic rings. The Hall–Kier alpha value is -3.18. The molecule has 32 heavy (non-hydrogen) atoms. The number of aromatic nitrogens is 1. The number of aromatic hydroxyl groups is 1. The van der Waals surface area contributed by atoms with Crippen molar-refractivity contribution in [1.82, 2.24) is 9.88 Å². The van der Waals surface area contributed by atoms with E-state index in [-0.39, 0.29) is 11.8 Å². The molecule has 2 bridgehead atoms. The first-order valence-corrected chi connectivity index (χ1v) is 11.3. The van der Waals surface area contributed by atoms with Gasteiger partial charge in [-0.3, -0.25) is 14.9 Å². The van der Waals surface area contributed by atoms with Crippen LogP contribution in [0.5, 0.6) is 11.5 Å². The predicted molar refractivity (Wildman–Crippen MR) is 129 cm³/mol. The first-order valence-electron chi connectivity index (χ1n) is 11.3. The summed E-state index contributed by atoms with van der Waals surface area (Å²) in [4.78, 5) is 12.3. The molecule has 164 valence electrons. The fourth-order valence-electron chi connectivity index (χ4n) is 5.38. The first-order chi connectivity index (χ1) is 15.7. The quantitative estimate of drug-likeness (QED) is 0.444. The minimum absolute atomic E-state index is 0.0687. The minimum Gasteiger partial charge on any atom is -0.507 e. The summed E-state index contributed by atoms with van der Waals surface area (Å²) in [6, 6.07) is 15.7. The lowest BCUT2D eigenvalue weighted by Crippen LogP contribution is -2.54. The van der Waals surface area contributed by atoms with E-state index in [0.717, 1.165) is 47.3 Å². The van der Waals surface area contributed by atoms with Crippen LogP contribution in [-0.2, 0) is 0 Å². The number of aliphatic imine (C=N–C) groups is 1. The number of ether oxygens (including phenoxy) is 1. The van der Waals surface area contributed by atoms with E-state index in [1.54, 1.807) is 13.2 Å². The number of nitrogens with zero attached hydrogens (tertiary/aromatic N) is 3. The van der Waals surface area contributed by atoms with Crippen molar-refractivity contribution >= 4 is 17.1 Å². The van der Waals surface area contributed by atoms with Crippen molar-refractivity contribution in [1.29, 1.82) is 0 Å². The normalized spacial score (nSPS) is 25.8. The number of para-hydroxylation sites is 1. The smallest absolute Gasteiger partial charge is 0.124 e. The molecule has 0 aliphatic carbocycles. The van der Waals surface area contributed by atoms with Crippen LogP contribution in [0.15, 0.2) is 72.4 Å². The fourth-order valence-corrected chi connectivity index (χ4v) is 5.38. The summed E-state index contributed by atoms with van der Waals surface area (Å²) in [6.45, 7) is 6.20. The average Bonchev–Trinajstić information content (AvgIpc) is 2.85. The van der Waals surface area contributed by atoms with Crippen LogP contribution in [0.4, 0.5) is 0 Å². The summed E-state index contributed by atoms with van der Waals surface area (Å²) in [5, 5.41) is 11.3. The highest BCUT2D eigenvalue weighted by Crippen LogP contribution is 2.43. The number of hydrogen-bond acceptors (Lipinski definition) is 5. The second-order valence-electron chi connectivity index (χ2n) is 8.81. The number of methoxy groups -OCH3 is 1. The molecule has 1 N–H and O–H groups in total. The Morgan fingerprint density at radius 2 is 2.12 bits per heavy atom. The maximum absolute atomic E-state index is 10.3. The van der Waals surface area contributed by atoms with Gasteiger partial charge in [0.1, 0.15) is 11.5 Å². The number of piperidine rings is 3. The highest BCUT2D eigenvalue weighted by Gasteiger charge is 2.42. The second kappa shape index (κ2) is 8.75. The third-order valence-corrected chi connectivity index (χ3v) is 7.13. The standard InChI is InChI=1S/C27H29N3O2/c1-3-18-17-30-13-11-19(18)14-25(30)27(29-16-20-6-4-5-7-26(20)31)22-10-12-28-24-9-8-21(32-2)15-23(22)24/h3-10,12,15-16,18-19,25,27,31H,1,11,13-14,17H2,2H3/t18-,19-,25+,27+/m0/s1. The van der Waals surface area contributed by atoms with Gasteiger partial charge in [0.25, 0.3) is 0 Å². The molecule has 3 aliphatic heterocycles. The van der Waals surface area contributed by atoms with Gasteiger partial charge in [-0.2, -0.15) is 0 Å². The minimum atomic E-state index is -0.0687. The lowest BCUT2D eigenvalue weighted by molar-refractivity contribution is 0.00796. The molecule has 0 radical (unpaired) electrons. The van der Waals surface area contributed by atoms with Crippen molar-refractivity contribution in [3.05, 3.63) is 78.5 Å². The molecular weight excluding hydrogens is 398 g/mol. The van der Waals surface area contributed by atoms with Gasteiger partial charge in [-0.15, -0.1) is 6.58 Å². The number of fused-ring (bicyclic) bond motifs is 4. The van der Waals surface area contributed by atoms with Gasteiger partial charge in [-0.05, 0) is 73.2 Å². The number of phenolic OH excluding ortho intramolecular Hbond substituents is 1. The molecular formula is C27H29N3O2. The summed E-state index contributed by atoms with van der Waals surface area (Å²) in [6.07, 6.45) is 8.12. The van der Waals surface area contributed by atoms with Crippen LogP contribution < -0.4 is 4.74 Å². The predicted octanol–water partition coefficient (Wildman–Crippen LogP) is 5.01. The Morgan fingerprint density at radius 3 is 2.88 bits per heavy atom. The van der Waals surface area contributed by atoms with E-state index in [0.29, 0.717) is 17.9 Å². The molecule has 5 atom stereocenters. The highest BCUT2D eigenvalue weighted by atomic mass is 16.5. The Kier molecular flexibility index (Phi) is 5.66. The summed E-state index contributed by atoms with van der Waals surface area (Å²) in [5.74, 6) is 2.26. The molecule has 0 amide bonds. The van der Waals surface area contributed by atoms with E-state index in [4.69, 9.17) is 9.73 Å². The van der Waals surface area contributed by atoms with Crippen molar-refractivity contribution in [2.24, 2.45) is 16.8 Å². The monoisotopic (exact) mass is 427 g/mol. The Labute approximate surface area is 189 Å². The number of hydrogen-bond donors (Lipinski definition) is 1. The van der Waals surface area contributed by atoms with Crippen molar-refractivity contribution in [2.45, 2.75) is 24.9 Å². The van der Waals surface area contributed by atoms with E-state index in [2.05, 4.69) is 34.7 Å². The number of pyridine rings is 1. The van der Waals surface area contributed by atoms with Crippen molar-refractivity contribution in [3.8, 4) is 11.5 Å². The molecule has 1 aromatic heterocycles. The summed E-state index contributed by atoms with van der Waals surface area (Å²) in [5.41, 5.74) is 2.81. The number of phenols is 1. The Morgan fingerprint density at radius 1 is 1.25 bits per heavy atom. The molecule has 0 spiro atoms. The summed E-state index contributed by atoms with van der Waals surface area (Å²) in [7, 11) is 1.69.